The minimum Gasteiger partial charge on any atom is -0.395 e. The number of nitrogens with two attached hydrogens (primary N) is 2. The second kappa shape index (κ2) is 3.87. The summed E-state index contributed by atoms with van der Waals surface area (Å²) in [5.41, 5.74) is 10.7. The molecule has 0 atom stereocenters. The van der Waals surface area contributed by atoms with E-state index in [0.717, 1.165) is 0 Å². The van der Waals surface area contributed by atoms with Crippen LogP contribution in [0.15, 0.2) is 6.07 Å². The molecule has 0 radical (unpaired) electrons. The van der Waals surface area contributed by atoms with Crippen LogP contribution in [0.5, 0.6) is 0 Å². The Kier molecular flexibility index (Phi) is 3.02. The fourth-order valence-electron chi connectivity index (χ4n) is 0.901. The Hall–Kier alpha value is -0.910. The zero-order valence-corrected chi connectivity index (χ0v) is 8.18. The summed E-state index contributed by atoms with van der Waals surface area (Å²) in [4.78, 5) is 3.81. The van der Waals surface area contributed by atoms with Crippen LogP contribution < -0.4 is 11.5 Å². The number of nitrogen functional groups attached to an aromatic ring is 2. The molecule has 3 nitrogen and oxygen atoms in total. The third-order valence-corrected chi connectivity index (χ3v) is 2.12. The summed E-state index contributed by atoms with van der Waals surface area (Å²) in [5, 5.41) is 0.372. The van der Waals surface area contributed by atoms with Crippen LogP contribution in [0.2, 0.25) is 0 Å². The Morgan fingerprint density at radius 3 is 2.54 bits per heavy atom. The summed E-state index contributed by atoms with van der Waals surface area (Å²) < 4.78 is 24.7. The molecule has 0 fully saturated rings. The molecule has 13 heavy (non-hydrogen) atoms. The molecule has 0 aromatic carbocycles. The summed E-state index contributed by atoms with van der Waals surface area (Å²) >= 11 is 3.10. The van der Waals surface area contributed by atoms with Crippen LogP contribution >= 0.6 is 15.9 Å². The summed E-state index contributed by atoms with van der Waals surface area (Å²) in [6.07, 6.45) is -2.62. The van der Waals surface area contributed by atoms with Gasteiger partial charge < -0.3 is 11.5 Å². The number of aromatic nitrogens is 1. The van der Waals surface area contributed by atoms with Crippen molar-refractivity contribution in [3.8, 4) is 0 Å². The minimum atomic E-state index is -2.62. The lowest BCUT2D eigenvalue weighted by Gasteiger charge is -2.08. The van der Waals surface area contributed by atoms with Crippen LogP contribution in [-0.4, -0.2) is 4.98 Å². The van der Waals surface area contributed by atoms with Crippen LogP contribution in [0, 0.1) is 0 Å². The Morgan fingerprint density at radius 2 is 2.08 bits per heavy atom. The zero-order valence-electron chi connectivity index (χ0n) is 6.60. The van der Waals surface area contributed by atoms with Gasteiger partial charge in [0.15, 0.2) is 0 Å². The number of rotatable bonds is 2. The van der Waals surface area contributed by atoms with E-state index in [4.69, 9.17) is 11.5 Å². The van der Waals surface area contributed by atoms with Crippen LogP contribution in [0.4, 0.5) is 20.3 Å². The number of nitrogens with zero attached hydrogens (tertiary/aromatic N) is 1. The van der Waals surface area contributed by atoms with Crippen molar-refractivity contribution in [2.45, 2.75) is 11.8 Å². The van der Waals surface area contributed by atoms with Crippen LogP contribution in [0.3, 0.4) is 0 Å². The van der Waals surface area contributed by atoms with Gasteiger partial charge in [-0.15, -0.1) is 0 Å². The van der Waals surface area contributed by atoms with Gasteiger partial charge in [0.05, 0.1) is 11.4 Å². The van der Waals surface area contributed by atoms with Crippen molar-refractivity contribution >= 4 is 27.4 Å². The Labute approximate surface area is 82.3 Å². The average Bonchev–Trinajstić information content (AvgIpc) is 2.09. The molecule has 0 bridgehead atoms. The highest BCUT2D eigenvalue weighted by Crippen LogP contribution is 2.29. The molecule has 0 spiro atoms. The van der Waals surface area contributed by atoms with Crippen molar-refractivity contribution in [3.05, 3.63) is 17.3 Å². The number of alkyl halides is 3. The van der Waals surface area contributed by atoms with Gasteiger partial charge in [0.25, 0.3) is 6.43 Å². The molecule has 0 saturated carbocycles. The molecule has 0 aliphatic carbocycles. The monoisotopic (exact) mass is 251 g/mol. The molecule has 1 rings (SSSR count). The SMILES string of the molecule is Nc1nc(CBr)cc(C(F)F)c1N. The van der Waals surface area contributed by atoms with Gasteiger partial charge in [0.2, 0.25) is 0 Å². The molecule has 1 aromatic heterocycles. The van der Waals surface area contributed by atoms with Gasteiger partial charge in [-0.3, -0.25) is 0 Å². The standard InChI is InChI=1S/C7H8BrF2N3/c8-2-3-1-4(6(9)10)5(11)7(12)13-3/h1,6H,2,11H2,(H2,12,13). The molecule has 4 N–H and O–H groups in total. The van der Waals surface area contributed by atoms with E-state index < -0.39 is 6.43 Å². The lowest BCUT2D eigenvalue weighted by Crippen LogP contribution is -2.05. The Morgan fingerprint density at radius 1 is 1.46 bits per heavy atom. The number of anilines is 2. The van der Waals surface area contributed by atoms with Crippen LogP contribution in [0.25, 0.3) is 0 Å². The quantitative estimate of drug-likeness (QED) is 0.792. The predicted molar refractivity (Wildman–Crippen MR) is 50.6 cm³/mol. The van der Waals surface area contributed by atoms with Crippen molar-refractivity contribution in [2.75, 3.05) is 11.5 Å². The van der Waals surface area contributed by atoms with Crippen molar-refractivity contribution in [1.82, 2.24) is 4.98 Å². The van der Waals surface area contributed by atoms with Gasteiger partial charge in [0.1, 0.15) is 5.82 Å². The fraction of sp³-hybridized carbons (Fsp3) is 0.286. The fourth-order valence-corrected chi connectivity index (χ4v) is 1.19. The predicted octanol–water partition coefficient (Wildman–Crippen LogP) is 2.08. The lowest BCUT2D eigenvalue weighted by molar-refractivity contribution is 0.152. The van der Waals surface area contributed by atoms with E-state index in [1.807, 2.05) is 0 Å². The molecule has 1 aromatic rings. The molecule has 6 heteroatoms. The zero-order chi connectivity index (χ0) is 10.0. The molecule has 0 saturated heterocycles. The first-order chi connectivity index (χ1) is 6.06. The second-order valence-corrected chi connectivity index (χ2v) is 3.00. The normalized spacial score (nSPS) is 10.8. The number of halogens is 3. The third kappa shape index (κ3) is 2.06. The first-order valence-corrected chi connectivity index (χ1v) is 4.57. The molecule has 0 unspecified atom stereocenters. The first kappa shape index (κ1) is 10.2. The van der Waals surface area contributed by atoms with Crippen molar-refractivity contribution in [3.63, 3.8) is 0 Å². The molecule has 0 amide bonds. The highest BCUT2D eigenvalue weighted by atomic mass is 79.9. The average molecular weight is 252 g/mol. The maximum absolute atomic E-state index is 12.3. The van der Waals surface area contributed by atoms with E-state index in [9.17, 15) is 8.78 Å². The number of hydrogen-bond donors (Lipinski definition) is 2. The molecular formula is C7H8BrF2N3. The van der Waals surface area contributed by atoms with E-state index in [1.54, 1.807) is 0 Å². The van der Waals surface area contributed by atoms with E-state index >= 15 is 0 Å². The Balaban J connectivity index is 3.25. The summed E-state index contributed by atoms with van der Waals surface area (Å²) in [6.45, 7) is 0. The van der Waals surface area contributed by atoms with E-state index in [0.29, 0.717) is 11.0 Å². The molecule has 0 aliphatic rings. The van der Waals surface area contributed by atoms with Gasteiger partial charge in [-0.05, 0) is 6.07 Å². The lowest BCUT2D eigenvalue weighted by atomic mass is 10.2. The largest absolute Gasteiger partial charge is 0.395 e. The summed E-state index contributed by atoms with van der Waals surface area (Å²) in [5.74, 6) is -0.0488. The van der Waals surface area contributed by atoms with Crippen LogP contribution in [0.1, 0.15) is 17.7 Å². The summed E-state index contributed by atoms with van der Waals surface area (Å²) in [6, 6.07) is 1.24. The maximum Gasteiger partial charge on any atom is 0.266 e. The highest BCUT2D eigenvalue weighted by Gasteiger charge is 2.15. The third-order valence-electron chi connectivity index (χ3n) is 1.55. The van der Waals surface area contributed by atoms with Gasteiger partial charge in [-0.25, -0.2) is 13.8 Å². The smallest absolute Gasteiger partial charge is 0.266 e. The minimum absolute atomic E-state index is 0.0488. The van der Waals surface area contributed by atoms with Crippen molar-refractivity contribution in [2.24, 2.45) is 0 Å². The van der Waals surface area contributed by atoms with Gasteiger partial charge in [0, 0.05) is 10.9 Å². The van der Waals surface area contributed by atoms with Crippen molar-refractivity contribution < 1.29 is 8.78 Å². The van der Waals surface area contributed by atoms with E-state index in [-0.39, 0.29) is 17.1 Å². The Bertz CT molecular complexity index is 317. The first-order valence-electron chi connectivity index (χ1n) is 3.45. The number of hydrogen-bond acceptors (Lipinski definition) is 3. The molecule has 0 aliphatic heterocycles. The van der Waals surface area contributed by atoms with Crippen molar-refractivity contribution in [1.29, 1.82) is 0 Å². The maximum atomic E-state index is 12.3. The van der Waals surface area contributed by atoms with Gasteiger partial charge in [-0.2, -0.15) is 0 Å². The number of pyridine rings is 1. The second-order valence-electron chi connectivity index (χ2n) is 2.44. The molecule has 72 valence electrons. The topological polar surface area (TPSA) is 64.9 Å². The van der Waals surface area contributed by atoms with Crippen LogP contribution in [-0.2, 0) is 5.33 Å². The molecule has 1 heterocycles. The van der Waals surface area contributed by atoms with E-state index in [2.05, 4.69) is 20.9 Å². The van der Waals surface area contributed by atoms with Gasteiger partial charge >= 0.3 is 0 Å². The van der Waals surface area contributed by atoms with E-state index in [1.165, 1.54) is 6.07 Å². The van der Waals surface area contributed by atoms with Gasteiger partial charge in [-0.1, -0.05) is 15.9 Å². The highest BCUT2D eigenvalue weighted by molar-refractivity contribution is 9.08. The molecular weight excluding hydrogens is 244 g/mol. The summed E-state index contributed by atoms with van der Waals surface area (Å²) in [7, 11) is 0.